The van der Waals surface area contributed by atoms with Crippen LogP contribution in [0.4, 0.5) is 5.69 Å². The van der Waals surface area contributed by atoms with Gasteiger partial charge in [0.05, 0.1) is 22.7 Å². The first-order valence-electron chi connectivity index (χ1n) is 7.51. The smallest absolute Gasteiger partial charge is 0.240 e. The summed E-state index contributed by atoms with van der Waals surface area (Å²) in [6, 6.07) is 11.6. The van der Waals surface area contributed by atoms with Crippen molar-refractivity contribution in [3.05, 3.63) is 53.1 Å². The van der Waals surface area contributed by atoms with Gasteiger partial charge in [0.25, 0.3) is 0 Å². The quantitative estimate of drug-likeness (QED) is 0.771. The van der Waals surface area contributed by atoms with Crippen molar-refractivity contribution in [3.63, 3.8) is 0 Å². The standard InChI is InChI=1S/C17H19ClN2O4S/c1-12(21)20-17-8-7-15(11-16(17)18)25(22,23)19-10-9-13-3-5-14(24-2)6-4-13/h3-8,11,19H,9-10H2,1-2H3,(H,20,21). The molecule has 0 radical (unpaired) electrons. The van der Waals surface area contributed by atoms with Crippen molar-refractivity contribution in [2.75, 3.05) is 19.0 Å². The number of hydrogen-bond donors (Lipinski definition) is 2. The summed E-state index contributed by atoms with van der Waals surface area (Å²) in [5.41, 5.74) is 1.36. The number of benzene rings is 2. The lowest BCUT2D eigenvalue weighted by Gasteiger charge is -2.10. The Kier molecular flexibility index (Phi) is 6.41. The summed E-state index contributed by atoms with van der Waals surface area (Å²) in [6.45, 7) is 1.60. The van der Waals surface area contributed by atoms with Crippen molar-refractivity contribution in [3.8, 4) is 5.75 Å². The van der Waals surface area contributed by atoms with Crippen LogP contribution >= 0.6 is 11.6 Å². The first-order chi connectivity index (χ1) is 11.8. The number of hydrogen-bond acceptors (Lipinski definition) is 4. The Morgan fingerprint density at radius 2 is 1.84 bits per heavy atom. The van der Waals surface area contributed by atoms with Crippen LogP contribution in [0.5, 0.6) is 5.75 Å². The van der Waals surface area contributed by atoms with Crippen molar-refractivity contribution in [2.24, 2.45) is 0 Å². The average molecular weight is 383 g/mol. The average Bonchev–Trinajstić information content (AvgIpc) is 2.56. The fraction of sp³-hybridized carbons (Fsp3) is 0.235. The Labute approximate surface area is 152 Å². The first kappa shape index (κ1) is 19.2. The second-order valence-electron chi connectivity index (χ2n) is 5.32. The highest BCUT2D eigenvalue weighted by molar-refractivity contribution is 7.89. The molecular weight excluding hydrogens is 364 g/mol. The Morgan fingerprint density at radius 1 is 1.16 bits per heavy atom. The van der Waals surface area contributed by atoms with Crippen molar-refractivity contribution in [1.82, 2.24) is 4.72 Å². The third-order valence-corrected chi connectivity index (χ3v) is 5.20. The summed E-state index contributed by atoms with van der Waals surface area (Å²) in [4.78, 5) is 11.1. The third-order valence-electron chi connectivity index (χ3n) is 3.43. The monoisotopic (exact) mass is 382 g/mol. The van der Waals surface area contributed by atoms with Gasteiger partial charge in [-0.1, -0.05) is 23.7 Å². The zero-order valence-corrected chi connectivity index (χ0v) is 15.4. The van der Waals surface area contributed by atoms with Crippen LogP contribution < -0.4 is 14.8 Å². The van der Waals surface area contributed by atoms with Crippen LogP contribution in [0.1, 0.15) is 12.5 Å². The Hall–Kier alpha value is -2.09. The highest BCUT2D eigenvalue weighted by Gasteiger charge is 2.15. The molecule has 0 saturated carbocycles. The SMILES string of the molecule is COc1ccc(CCNS(=O)(=O)c2ccc(NC(C)=O)c(Cl)c2)cc1. The fourth-order valence-electron chi connectivity index (χ4n) is 2.16. The fourth-order valence-corrected chi connectivity index (χ4v) is 3.51. The van der Waals surface area contributed by atoms with Crippen molar-refractivity contribution < 1.29 is 17.9 Å². The van der Waals surface area contributed by atoms with Gasteiger partial charge in [0, 0.05) is 13.5 Å². The van der Waals surface area contributed by atoms with Gasteiger partial charge in [-0.2, -0.15) is 0 Å². The summed E-state index contributed by atoms with van der Waals surface area (Å²) in [6.07, 6.45) is 0.543. The minimum absolute atomic E-state index is 0.0429. The molecule has 8 heteroatoms. The molecule has 0 atom stereocenters. The van der Waals surface area contributed by atoms with Gasteiger partial charge >= 0.3 is 0 Å². The molecule has 134 valence electrons. The molecule has 2 aromatic carbocycles. The minimum Gasteiger partial charge on any atom is -0.497 e. The zero-order valence-electron chi connectivity index (χ0n) is 13.9. The lowest BCUT2D eigenvalue weighted by Crippen LogP contribution is -2.26. The number of carbonyl (C=O) groups excluding carboxylic acids is 1. The van der Waals surface area contributed by atoms with Gasteiger partial charge in [-0.3, -0.25) is 4.79 Å². The molecule has 0 aromatic heterocycles. The topological polar surface area (TPSA) is 84.5 Å². The van der Waals surface area contributed by atoms with E-state index in [0.717, 1.165) is 11.3 Å². The van der Waals surface area contributed by atoms with E-state index in [-0.39, 0.29) is 22.4 Å². The van der Waals surface area contributed by atoms with Crippen LogP contribution in [-0.4, -0.2) is 28.0 Å². The molecule has 0 aliphatic rings. The molecule has 2 aromatic rings. The number of carbonyl (C=O) groups is 1. The number of halogens is 1. The first-order valence-corrected chi connectivity index (χ1v) is 9.37. The molecule has 0 heterocycles. The molecule has 6 nitrogen and oxygen atoms in total. The lowest BCUT2D eigenvalue weighted by molar-refractivity contribution is -0.114. The molecule has 0 saturated heterocycles. The molecule has 0 fully saturated rings. The molecule has 2 rings (SSSR count). The van der Waals surface area contributed by atoms with Gasteiger partial charge in [-0.15, -0.1) is 0 Å². The summed E-state index contributed by atoms with van der Waals surface area (Å²) >= 11 is 6.02. The van der Waals surface area contributed by atoms with Gasteiger partial charge < -0.3 is 10.1 Å². The highest BCUT2D eigenvalue weighted by Crippen LogP contribution is 2.25. The maximum Gasteiger partial charge on any atom is 0.240 e. The Balaban J connectivity index is 2.00. The van der Waals surface area contributed by atoms with Crippen molar-refractivity contribution >= 4 is 33.2 Å². The van der Waals surface area contributed by atoms with Gasteiger partial charge in [0.15, 0.2) is 0 Å². The molecule has 2 N–H and O–H groups in total. The summed E-state index contributed by atoms with van der Waals surface area (Å²) in [5.74, 6) is 0.466. The molecule has 0 bridgehead atoms. The number of amides is 1. The van der Waals surface area contributed by atoms with Gasteiger partial charge in [0.2, 0.25) is 15.9 Å². The van der Waals surface area contributed by atoms with E-state index in [0.29, 0.717) is 12.1 Å². The number of sulfonamides is 1. The second kappa shape index (κ2) is 8.33. The van der Waals surface area contributed by atoms with Gasteiger partial charge in [-0.25, -0.2) is 13.1 Å². The third kappa shape index (κ3) is 5.45. The highest BCUT2D eigenvalue weighted by atomic mass is 35.5. The predicted octanol–water partition coefficient (Wildman–Crippen LogP) is 2.83. The minimum atomic E-state index is -3.68. The van der Waals surface area contributed by atoms with E-state index in [4.69, 9.17) is 16.3 Å². The van der Waals surface area contributed by atoms with E-state index in [2.05, 4.69) is 10.0 Å². The molecule has 0 unspecified atom stereocenters. The Bertz CT molecular complexity index is 851. The van der Waals surface area contributed by atoms with Crippen LogP contribution in [0, 0.1) is 0 Å². The number of ether oxygens (including phenoxy) is 1. The van der Waals surface area contributed by atoms with E-state index in [9.17, 15) is 13.2 Å². The van der Waals surface area contributed by atoms with Gasteiger partial charge in [-0.05, 0) is 42.3 Å². The number of methoxy groups -OCH3 is 1. The van der Waals surface area contributed by atoms with E-state index < -0.39 is 10.0 Å². The van der Waals surface area contributed by atoms with Crippen LogP contribution in [0.25, 0.3) is 0 Å². The molecule has 0 spiro atoms. The van der Waals surface area contributed by atoms with Crippen LogP contribution in [-0.2, 0) is 21.2 Å². The Morgan fingerprint density at radius 3 is 2.40 bits per heavy atom. The van der Waals surface area contributed by atoms with Crippen molar-refractivity contribution in [1.29, 1.82) is 0 Å². The second-order valence-corrected chi connectivity index (χ2v) is 7.49. The molecule has 0 aliphatic heterocycles. The van der Waals surface area contributed by atoms with E-state index in [1.807, 2.05) is 24.3 Å². The van der Waals surface area contributed by atoms with Crippen molar-refractivity contribution in [2.45, 2.75) is 18.2 Å². The van der Waals surface area contributed by atoms with E-state index in [1.54, 1.807) is 7.11 Å². The largest absolute Gasteiger partial charge is 0.497 e. The summed E-state index contributed by atoms with van der Waals surface area (Å²) < 4.78 is 32.3. The zero-order chi connectivity index (χ0) is 18.4. The maximum absolute atomic E-state index is 12.3. The summed E-state index contributed by atoms with van der Waals surface area (Å²) in [7, 11) is -2.09. The van der Waals surface area contributed by atoms with Gasteiger partial charge in [0.1, 0.15) is 5.75 Å². The molecule has 1 amide bonds. The van der Waals surface area contributed by atoms with E-state index >= 15 is 0 Å². The number of anilines is 1. The lowest BCUT2D eigenvalue weighted by atomic mass is 10.1. The van der Waals surface area contributed by atoms with Crippen LogP contribution in [0.15, 0.2) is 47.4 Å². The normalized spacial score (nSPS) is 11.2. The van der Waals surface area contributed by atoms with Crippen LogP contribution in [0.3, 0.4) is 0 Å². The maximum atomic E-state index is 12.3. The molecule has 25 heavy (non-hydrogen) atoms. The van der Waals surface area contributed by atoms with E-state index in [1.165, 1.54) is 25.1 Å². The predicted molar refractivity (Wildman–Crippen MR) is 97.6 cm³/mol. The van der Waals surface area contributed by atoms with Crippen LogP contribution in [0.2, 0.25) is 5.02 Å². The number of rotatable bonds is 7. The molecular formula is C17H19ClN2O4S. The molecule has 0 aliphatic carbocycles. The number of nitrogens with one attached hydrogen (secondary N) is 2. The summed E-state index contributed by atoms with van der Waals surface area (Å²) in [5, 5.41) is 2.69.